The Morgan fingerprint density at radius 2 is 1.25 bits per heavy atom. The lowest BCUT2D eigenvalue weighted by Gasteiger charge is -2.28. The molecule has 0 bridgehead atoms. The summed E-state index contributed by atoms with van der Waals surface area (Å²) in [6, 6.07) is 29.1. The van der Waals surface area contributed by atoms with Gasteiger partial charge in [-0.2, -0.15) is 0 Å². The van der Waals surface area contributed by atoms with Crippen LogP contribution in [-0.2, 0) is 0 Å². The van der Waals surface area contributed by atoms with Crippen molar-refractivity contribution >= 4 is 29.6 Å². The van der Waals surface area contributed by atoms with E-state index in [0.29, 0.717) is 11.1 Å². The average molecular weight is 421 g/mol. The normalized spacial score (nSPS) is 10.4. The summed E-state index contributed by atoms with van der Waals surface area (Å²) in [4.78, 5) is 24.5. The largest absolute Gasteiger partial charge is 0.496 e. The molecule has 0 aromatic heterocycles. The van der Waals surface area contributed by atoms with E-state index in [1.54, 1.807) is 31.4 Å². The summed E-state index contributed by atoms with van der Waals surface area (Å²) >= 11 is 0. The van der Waals surface area contributed by atoms with Gasteiger partial charge in [-0.25, -0.2) is 0 Å². The molecule has 0 aliphatic carbocycles. The minimum absolute atomic E-state index is 0.610. The Bertz CT molecular complexity index is 1190. The zero-order valence-electron chi connectivity index (χ0n) is 18.0. The predicted molar refractivity (Wildman–Crippen MR) is 129 cm³/mol. The van der Waals surface area contributed by atoms with Gasteiger partial charge in [0.05, 0.1) is 12.8 Å². The van der Waals surface area contributed by atoms with Gasteiger partial charge in [-0.15, -0.1) is 0 Å². The van der Waals surface area contributed by atoms with E-state index in [1.165, 1.54) is 0 Å². The molecule has 0 fully saturated rings. The highest BCUT2D eigenvalue weighted by molar-refractivity contribution is 5.91. The monoisotopic (exact) mass is 421 g/mol. The molecule has 0 unspecified atom stereocenters. The fraction of sp³-hybridized carbons (Fsp3) is 0.0714. The number of aryl methyl sites for hydroxylation is 1. The van der Waals surface area contributed by atoms with Crippen molar-refractivity contribution in [3.63, 3.8) is 0 Å². The second-order valence-electron chi connectivity index (χ2n) is 7.48. The summed E-state index contributed by atoms with van der Waals surface area (Å²) < 4.78 is 5.65. The predicted octanol–water partition coefficient (Wildman–Crippen LogP) is 6.77. The van der Waals surface area contributed by atoms with Crippen LogP contribution < -0.4 is 9.64 Å². The Balaban J connectivity index is 1.96. The third-order valence-electron chi connectivity index (χ3n) is 5.36. The van der Waals surface area contributed by atoms with Crippen LogP contribution in [0.25, 0.3) is 11.1 Å². The lowest BCUT2D eigenvalue weighted by Crippen LogP contribution is -2.11. The Kier molecular flexibility index (Phi) is 6.13. The average Bonchev–Trinajstić information content (AvgIpc) is 2.85. The first-order chi connectivity index (χ1) is 15.6. The number of para-hydroxylation sites is 1. The van der Waals surface area contributed by atoms with Gasteiger partial charge in [-0.1, -0.05) is 29.8 Å². The van der Waals surface area contributed by atoms with Gasteiger partial charge in [0.25, 0.3) is 0 Å². The van der Waals surface area contributed by atoms with E-state index in [4.69, 9.17) is 4.74 Å². The summed E-state index contributed by atoms with van der Waals surface area (Å²) in [5.41, 5.74) is 7.09. The number of hydrogen-bond acceptors (Lipinski definition) is 4. The minimum Gasteiger partial charge on any atom is -0.496 e. The van der Waals surface area contributed by atoms with E-state index < -0.39 is 0 Å². The Hall–Kier alpha value is -4.18. The SMILES string of the molecule is COc1ccccc1-c1cc(C)ccc1N(c1ccc(C=O)cc1)c1ccc(C=O)cc1. The lowest BCUT2D eigenvalue weighted by atomic mass is 9.98. The fourth-order valence-corrected chi connectivity index (χ4v) is 3.76. The Labute approximate surface area is 187 Å². The van der Waals surface area contributed by atoms with E-state index in [0.717, 1.165) is 52.1 Å². The molecule has 32 heavy (non-hydrogen) atoms. The molecule has 158 valence electrons. The highest BCUT2D eigenvalue weighted by Crippen LogP contribution is 2.43. The summed E-state index contributed by atoms with van der Waals surface area (Å²) in [7, 11) is 1.67. The van der Waals surface area contributed by atoms with Crippen molar-refractivity contribution in [1.82, 2.24) is 0 Å². The topological polar surface area (TPSA) is 46.6 Å². The molecule has 0 spiro atoms. The molecule has 0 saturated heterocycles. The first-order valence-corrected chi connectivity index (χ1v) is 10.3. The van der Waals surface area contributed by atoms with Crippen molar-refractivity contribution < 1.29 is 14.3 Å². The van der Waals surface area contributed by atoms with Crippen molar-refractivity contribution in [3.05, 3.63) is 108 Å². The van der Waals surface area contributed by atoms with Crippen LogP contribution in [-0.4, -0.2) is 19.7 Å². The number of anilines is 3. The number of carbonyl (C=O) groups is 2. The summed E-state index contributed by atoms with van der Waals surface area (Å²) in [6.45, 7) is 2.06. The van der Waals surface area contributed by atoms with Gasteiger partial charge < -0.3 is 9.64 Å². The number of carbonyl (C=O) groups excluding carboxylic acids is 2. The molecule has 0 N–H and O–H groups in total. The number of methoxy groups -OCH3 is 1. The standard InChI is InChI=1S/C28H23NO3/c1-20-7-16-27(26(17-20)25-5-3-4-6-28(25)32-2)29(23-12-8-21(18-30)9-13-23)24-14-10-22(19-31)11-15-24/h3-19H,1-2H3. The van der Waals surface area contributed by atoms with Crippen LogP contribution in [0.4, 0.5) is 17.1 Å². The minimum atomic E-state index is 0.610. The molecule has 4 heteroatoms. The van der Waals surface area contributed by atoms with E-state index in [1.807, 2.05) is 48.5 Å². The molecule has 0 atom stereocenters. The Morgan fingerprint density at radius 1 is 0.688 bits per heavy atom. The molecular weight excluding hydrogens is 398 g/mol. The van der Waals surface area contributed by atoms with E-state index in [2.05, 4.69) is 30.0 Å². The maximum absolute atomic E-state index is 11.2. The number of benzene rings is 4. The van der Waals surface area contributed by atoms with Crippen LogP contribution in [0.1, 0.15) is 26.3 Å². The third-order valence-corrected chi connectivity index (χ3v) is 5.36. The lowest BCUT2D eigenvalue weighted by molar-refractivity contribution is 0.111. The van der Waals surface area contributed by atoms with Gasteiger partial charge in [0.1, 0.15) is 18.3 Å². The molecule has 0 saturated carbocycles. The molecule has 0 amide bonds. The highest BCUT2D eigenvalue weighted by atomic mass is 16.5. The second-order valence-corrected chi connectivity index (χ2v) is 7.48. The summed E-state index contributed by atoms with van der Waals surface area (Å²) in [5.74, 6) is 0.784. The quantitative estimate of drug-likeness (QED) is 0.309. The van der Waals surface area contributed by atoms with E-state index in [9.17, 15) is 9.59 Å². The third kappa shape index (κ3) is 4.16. The van der Waals surface area contributed by atoms with Crippen LogP contribution in [0.3, 0.4) is 0 Å². The van der Waals surface area contributed by atoms with Gasteiger partial charge >= 0.3 is 0 Å². The van der Waals surface area contributed by atoms with Crippen LogP contribution in [0.2, 0.25) is 0 Å². The van der Waals surface area contributed by atoms with Crippen molar-refractivity contribution in [2.75, 3.05) is 12.0 Å². The molecule has 0 heterocycles. The first-order valence-electron chi connectivity index (χ1n) is 10.3. The zero-order valence-corrected chi connectivity index (χ0v) is 18.0. The maximum Gasteiger partial charge on any atom is 0.150 e. The fourth-order valence-electron chi connectivity index (χ4n) is 3.76. The van der Waals surface area contributed by atoms with Gasteiger partial charge in [0.15, 0.2) is 0 Å². The molecule has 0 aliphatic heterocycles. The van der Waals surface area contributed by atoms with Crippen LogP contribution in [0.15, 0.2) is 91.0 Å². The molecule has 4 aromatic carbocycles. The van der Waals surface area contributed by atoms with E-state index in [-0.39, 0.29) is 0 Å². The number of rotatable bonds is 7. The Morgan fingerprint density at radius 3 is 1.78 bits per heavy atom. The second kappa shape index (κ2) is 9.31. The van der Waals surface area contributed by atoms with Gasteiger partial charge in [-0.05, 0) is 73.7 Å². The maximum atomic E-state index is 11.2. The smallest absolute Gasteiger partial charge is 0.150 e. The number of nitrogens with zero attached hydrogens (tertiary/aromatic N) is 1. The van der Waals surface area contributed by atoms with Crippen LogP contribution in [0.5, 0.6) is 5.75 Å². The van der Waals surface area contributed by atoms with E-state index >= 15 is 0 Å². The van der Waals surface area contributed by atoms with Gasteiger partial charge in [-0.3, -0.25) is 9.59 Å². The summed E-state index contributed by atoms with van der Waals surface area (Å²) in [5, 5.41) is 0. The number of aldehydes is 2. The summed E-state index contributed by atoms with van der Waals surface area (Å²) in [6.07, 6.45) is 1.66. The van der Waals surface area contributed by atoms with Crippen molar-refractivity contribution in [2.24, 2.45) is 0 Å². The van der Waals surface area contributed by atoms with Gasteiger partial charge in [0, 0.05) is 33.6 Å². The van der Waals surface area contributed by atoms with Crippen LogP contribution >= 0.6 is 0 Å². The number of ether oxygens (including phenoxy) is 1. The van der Waals surface area contributed by atoms with Crippen molar-refractivity contribution in [3.8, 4) is 16.9 Å². The molecule has 4 rings (SSSR count). The first kappa shape index (κ1) is 21.1. The molecular formula is C28H23NO3. The molecule has 4 nitrogen and oxygen atoms in total. The molecule has 0 radical (unpaired) electrons. The molecule has 4 aromatic rings. The van der Waals surface area contributed by atoms with Gasteiger partial charge in [0.2, 0.25) is 0 Å². The van der Waals surface area contributed by atoms with Crippen molar-refractivity contribution in [2.45, 2.75) is 6.92 Å². The van der Waals surface area contributed by atoms with Crippen LogP contribution in [0, 0.1) is 6.92 Å². The zero-order chi connectivity index (χ0) is 22.5. The molecule has 0 aliphatic rings. The number of hydrogen-bond donors (Lipinski definition) is 0. The highest BCUT2D eigenvalue weighted by Gasteiger charge is 2.19. The van der Waals surface area contributed by atoms with Crippen molar-refractivity contribution in [1.29, 1.82) is 0 Å².